The number of aliphatic hydroxyl groups is 1. The molecule has 1 aromatic carbocycles. The molecule has 0 radical (unpaired) electrons. The highest BCUT2D eigenvalue weighted by molar-refractivity contribution is 5.28. The van der Waals surface area contributed by atoms with Crippen molar-refractivity contribution in [3.63, 3.8) is 0 Å². The van der Waals surface area contributed by atoms with Crippen LogP contribution < -0.4 is 0 Å². The fourth-order valence-electron chi connectivity index (χ4n) is 1.90. The minimum absolute atomic E-state index is 0.00861. The molecule has 0 aromatic heterocycles. The quantitative estimate of drug-likeness (QED) is 0.773. The highest BCUT2D eigenvalue weighted by Gasteiger charge is 2.42. The monoisotopic (exact) mass is 198 g/mol. The van der Waals surface area contributed by atoms with Gasteiger partial charge >= 0.3 is 0 Å². The van der Waals surface area contributed by atoms with Crippen LogP contribution >= 0.6 is 0 Å². The normalized spacial score (nSPS) is 27.4. The zero-order chi connectivity index (χ0) is 10.3. The van der Waals surface area contributed by atoms with Crippen LogP contribution in [0.2, 0.25) is 0 Å². The lowest BCUT2D eigenvalue weighted by atomic mass is 10.1. The van der Waals surface area contributed by atoms with Crippen LogP contribution in [-0.4, -0.2) is 11.2 Å². The first-order chi connectivity index (χ1) is 6.59. The first-order valence-corrected chi connectivity index (χ1v) is 4.72. The van der Waals surface area contributed by atoms with Gasteiger partial charge in [0, 0.05) is 0 Å². The number of hydrogen-bond donors (Lipinski definition) is 1. The Balaban J connectivity index is 2.22. The van der Waals surface area contributed by atoms with E-state index in [9.17, 15) is 13.9 Å². The molecule has 0 heterocycles. The Hall–Kier alpha value is -0.960. The van der Waals surface area contributed by atoms with E-state index in [1.165, 1.54) is 6.07 Å². The molecule has 1 N–H and O–H groups in total. The molecule has 14 heavy (non-hydrogen) atoms. The Morgan fingerprint density at radius 2 is 2.14 bits per heavy atom. The molecule has 0 saturated heterocycles. The second-order valence-corrected chi connectivity index (χ2v) is 3.91. The SMILES string of the molecule is CC(O)C1CC1c1cc(F)ccc1F. The first-order valence-electron chi connectivity index (χ1n) is 4.72. The maximum absolute atomic E-state index is 13.2. The molecule has 76 valence electrons. The summed E-state index contributed by atoms with van der Waals surface area (Å²) >= 11 is 0. The fraction of sp³-hybridized carbons (Fsp3) is 0.455. The summed E-state index contributed by atoms with van der Waals surface area (Å²) in [6.07, 6.45) is 0.306. The minimum atomic E-state index is -0.442. The average Bonchev–Trinajstić information content (AvgIpc) is 2.88. The van der Waals surface area contributed by atoms with E-state index < -0.39 is 11.9 Å². The van der Waals surface area contributed by atoms with Crippen molar-refractivity contribution in [1.29, 1.82) is 0 Å². The lowest BCUT2D eigenvalue weighted by Gasteiger charge is -2.04. The summed E-state index contributed by atoms with van der Waals surface area (Å²) in [6, 6.07) is 3.48. The summed E-state index contributed by atoms with van der Waals surface area (Å²) in [4.78, 5) is 0. The van der Waals surface area contributed by atoms with Crippen LogP contribution in [0.1, 0.15) is 24.8 Å². The third-order valence-electron chi connectivity index (χ3n) is 2.82. The lowest BCUT2D eigenvalue weighted by Crippen LogP contribution is -2.04. The summed E-state index contributed by atoms with van der Waals surface area (Å²) in [5, 5.41) is 9.27. The summed E-state index contributed by atoms with van der Waals surface area (Å²) in [5.41, 5.74) is 0.399. The summed E-state index contributed by atoms with van der Waals surface area (Å²) in [5.74, 6) is -0.714. The molecular weight excluding hydrogens is 186 g/mol. The maximum Gasteiger partial charge on any atom is 0.126 e. The van der Waals surface area contributed by atoms with Gasteiger partial charge in [0.2, 0.25) is 0 Å². The van der Waals surface area contributed by atoms with Gasteiger partial charge in [0.25, 0.3) is 0 Å². The summed E-state index contributed by atoms with van der Waals surface area (Å²) in [6.45, 7) is 1.68. The molecule has 0 spiro atoms. The Bertz CT molecular complexity index is 349. The topological polar surface area (TPSA) is 20.2 Å². The van der Waals surface area contributed by atoms with Gasteiger partial charge in [-0.3, -0.25) is 0 Å². The fourth-order valence-corrected chi connectivity index (χ4v) is 1.90. The molecule has 1 saturated carbocycles. The minimum Gasteiger partial charge on any atom is -0.393 e. The number of halogens is 2. The van der Waals surface area contributed by atoms with Gasteiger partial charge in [-0.15, -0.1) is 0 Å². The van der Waals surface area contributed by atoms with E-state index in [-0.39, 0.29) is 17.7 Å². The van der Waals surface area contributed by atoms with Crippen LogP contribution in [0, 0.1) is 17.6 Å². The Morgan fingerprint density at radius 3 is 2.71 bits per heavy atom. The van der Waals surface area contributed by atoms with Crippen molar-refractivity contribution >= 4 is 0 Å². The van der Waals surface area contributed by atoms with Gasteiger partial charge in [-0.1, -0.05) is 0 Å². The van der Waals surface area contributed by atoms with E-state index in [1.54, 1.807) is 6.92 Å². The van der Waals surface area contributed by atoms with Crippen LogP contribution in [-0.2, 0) is 0 Å². The zero-order valence-electron chi connectivity index (χ0n) is 7.87. The second kappa shape index (κ2) is 3.31. The van der Waals surface area contributed by atoms with Crippen molar-refractivity contribution in [3.8, 4) is 0 Å². The molecule has 3 atom stereocenters. The van der Waals surface area contributed by atoms with Crippen molar-refractivity contribution in [2.45, 2.75) is 25.4 Å². The standard InChI is InChI=1S/C11H12F2O/c1-6(14)8-5-9(8)10-4-7(12)2-3-11(10)13/h2-4,6,8-9,14H,5H2,1H3. The van der Waals surface area contributed by atoms with Crippen LogP contribution in [0.25, 0.3) is 0 Å². The molecule has 1 aromatic rings. The van der Waals surface area contributed by atoms with Gasteiger partial charge in [0.05, 0.1) is 6.10 Å². The van der Waals surface area contributed by atoms with Crippen molar-refractivity contribution in [2.75, 3.05) is 0 Å². The van der Waals surface area contributed by atoms with Crippen molar-refractivity contribution < 1.29 is 13.9 Å². The molecule has 0 aliphatic heterocycles. The van der Waals surface area contributed by atoms with E-state index in [0.717, 1.165) is 18.6 Å². The largest absolute Gasteiger partial charge is 0.393 e. The molecule has 2 rings (SSSR count). The zero-order valence-corrected chi connectivity index (χ0v) is 7.87. The predicted molar refractivity (Wildman–Crippen MR) is 48.9 cm³/mol. The van der Waals surface area contributed by atoms with Gasteiger partial charge < -0.3 is 5.11 Å². The van der Waals surface area contributed by atoms with Crippen LogP contribution in [0.3, 0.4) is 0 Å². The highest BCUT2D eigenvalue weighted by Crippen LogP contribution is 2.50. The van der Waals surface area contributed by atoms with E-state index in [2.05, 4.69) is 0 Å². The average molecular weight is 198 g/mol. The lowest BCUT2D eigenvalue weighted by molar-refractivity contribution is 0.168. The van der Waals surface area contributed by atoms with Gasteiger partial charge in [-0.2, -0.15) is 0 Å². The molecule has 3 unspecified atom stereocenters. The molecular formula is C11H12F2O. The van der Waals surface area contributed by atoms with Crippen molar-refractivity contribution in [3.05, 3.63) is 35.4 Å². The third-order valence-corrected chi connectivity index (χ3v) is 2.82. The van der Waals surface area contributed by atoms with Crippen molar-refractivity contribution in [2.24, 2.45) is 5.92 Å². The molecule has 0 bridgehead atoms. The Morgan fingerprint density at radius 1 is 1.43 bits per heavy atom. The van der Waals surface area contributed by atoms with Gasteiger partial charge in [-0.05, 0) is 48.9 Å². The van der Waals surface area contributed by atoms with E-state index >= 15 is 0 Å². The van der Waals surface area contributed by atoms with Crippen LogP contribution in [0.15, 0.2) is 18.2 Å². The van der Waals surface area contributed by atoms with Crippen molar-refractivity contribution in [1.82, 2.24) is 0 Å². The molecule has 3 heteroatoms. The van der Waals surface area contributed by atoms with E-state index in [4.69, 9.17) is 0 Å². The Labute approximate surface area is 81.4 Å². The van der Waals surface area contributed by atoms with E-state index in [0.29, 0.717) is 5.56 Å². The molecule has 1 aliphatic rings. The van der Waals surface area contributed by atoms with Gasteiger partial charge in [0.1, 0.15) is 11.6 Å². The van der Waals surface area contributed by atoms with Gasteiger partial charge in [0.15, 0.2) is 0 Å². The summed E-state index contributed by atoms with van der Waals surface area (Å²) in [7, 11) is 0. The number of hydrogen-bond acceptors (Lipinski definition) is 1. The smallest absolute Gasteiger partial charge is 0.126 e. The molecule has 1 fully saturated rings. The number of rotatable bonds is 2. The molecule has 1 nitrogen and oxygen atoms in total. The van der Waals surface area contributed by atoms with E-state index in [1.807, 2.05) is 0 Å². The maximum atomic E-state index is 13.2. The summed E-state index contributed by atoms with van der Waals surface area (Å²) < 4.78 is 26.1. The molecule has 0 amide bonds. The second-order valence-electron chi connectivity index (χ2n) is 3.91. The number of aliphatic hydroxyl groups excluding tert-OH is 1. The number of benzene rings is 1. The first kappa shape index (κ1) is 9.59. The van der Waals surface area contributed by atoms with Crippen LogP contribution in [0.4, 0.5) is 8.78 Å². The molecule has 1 aliphatic carbocycles. The van der Waals surface area contributed by atoms with Gasteiger partial charge in [-0.25, -0.2) is 8.78 Å². The third kappa shape index (κ3) is 1.64. The Kier molecular flexibility index (Phi) is 2.27. The predicted octanol–water partition coefficient (Wildman–Crippen LogP) is 2.45. The van der Waals surface area contributed by atoms with Crippen LogP contribution in [0.5, 0.6) is 0 Å². The highest BCUT2D eigenvalue weighted by atomic mass is 19.1.